The van der Waals surface area contributed by atoms with E-state index in [0.29, 0.717) is 19.3 Å². The van der Waals surface area contributed by atoms with E-state index in [1.165, 1.54) is 7.11 Å². The van der Waals surface area contributed by atoms with Gasteiger partial charge < -0.3 is 58.2 Å². The second-order valence-electron chi connectivity index (χ2n) is 17.0. The molecule has 3 aliphatic heterocycles. The number of cyclic esters (lactones) is 1. The van der Waals surface area contributed by atoms with E-state index in [2.05, 4.69) is 0 Å². The minimum absolute atomic E-state index is 0.0264. The van der Waals surface area contributed by atoms with Crippen LogP contribution in [0.15, 0.2) is 24.3 Å². The molecule has 3 N–H and O–H groups in total. The minimum atomic E-state index is -1.41. The van der Waals surface area contributed by atoms with Gasteiger partial charge in [0, 0.05) is 38.2 Å². The van der Waals surface area contributed by atoms with E-state index < -0.39 is 103 Å². The van der Waals surface area contributed by atoms with E-state index >= 15 is 0 Å². The van der Waals surface area contributed by atoms with Crippen LogP contribution in [0.2, 0.25) is 0 Å². The molecule has 0 saturated carbocycles. The van der Waals surface area contributed by atoms with Crippen molar-refractivity contribution in [2.24, 2.45) is 23.2 Å². The van der Waals surface area contributed by atoms with Crippen molar-refractivity contribution >= 4 is 18.2 Å². The summed E-state index contributed by atoms with van der Waals surface area (Å²) in [7, 11) is 4.98. The molecule has 0 aliphatic carbocycles. The highest BCUT2D eigenvalue weighted by Crippen LogP contribution is 2.41. The van der Waals surface area contributed by atoms with E-state index in [-0.39, 0.29) is 30.6 Å². The number of carbonyl (C=O) groups is 3. The molecule has 3 rings (SSSR count). The van der Waals surface area contributed by atoms with Crippen LogP contribution in [-0.2, 0) is 47.5 Å². The average molecular weight is 784 g/mol. The van der Waals surface area contributed by atoms with Crippen molar-refractivity contribution in [3.05, 3.63) is 24.3 Å². The molecule has 14 nitrogen and oxygen atoms in total. The first-order chi connectivity index (χ1) is 25.8. The predicted octanol–water partition coefficient (Wildman–Crippen LogP) is 3.72. The first kappa shape index (κ1) is 47.1. The molecule has 0 radical (unpaired) electrons. The molecule has 0 aromatic rings. The van der Waals surface area contributed by atoms with Crippen LogP contribution in [0.4, 0.5) is 0 Å². The van der Waals surface area contributed by atoms with Gasteiger partial charge in [0.15, 0.2) is 12.6 Å². The molecule has 3 heterocycles. The third-order valence-electron chi connectivity index (χ3n) is 10.9. The lowest BCUT2D eigenvalue weighted by atomic mass is 9.78. The zero-order valence-electron chi connectivity index (χ0n) is 34.7. The van der Waals surface area contributed by atoms with Gasteiger partial charge in [-0.05, 0) is 59.0 Å². The van der Waals surface area contributed by atoms with E-state index in [4.69, 9.17) is 33.2 Å². The molecule has 0 aromatic heterocycles. The van der Waals surface area contributed by atoms with Crippen molar-refractivity contribution in [2.45, 2.75) is 174 Å². The molecular weight excluding hydrogens is 714 g/mol. The van der Waals surface area contributed by atoms with Crippen LogP contribution in [0, 0.1) is 23.2 Å². The van der Waals surface area contributed by atoms with Gasteiger partial charge >= 0.3 is 11.9 Å². The first-order valence-electron chi connectivity index (χ1n) is 19.8. The van der Waals surface area contributed by atoms with Gasteiger partial charge in [-0.1, -0.05) is 58.9 Å². The fraction of sp³-hybridized carbons (Fsp3) is 0.829. The highest BCUT2D eigenvalue weighted by molar-refractivity contribution is 5.70. The molecule has 3 aliphatic rings. The van der Waals surface area contributed by atoms with Crippen LogP contribution in [0.3, 0.4) is 0 Å². The van der Waals surface area contributed by atoms with E-state index in [1.54, 1.807) is 46.2 Å². The predicted molar refractivity (Wildman–Crippen MR) is 203 cm³/mol. The van der Waals surface area contributed by atoms with Crippen LogP contribution in [0.5, 0.6) is 0 Å². The number of methoxy groups -OCH3 is 1. The molecule has 14 heteroatoms. The van der Waals surface area contributed by atoms with Gasteiger partial charge in [-0.15, -0.1) is 0 Å². The lowest BCUT2D eigenvalue weighted by molar-refractivity contribution is -0.340. The summed E-state index contributed by atoms with van der Waals surface area (Å²) >= 11 is 0. The SMILES string of the molecule is CO[C@H]1[C@H](O)CC(=O)O[C@H](C)C/C=C/C=C/C(O)[C@H](C)CC(CC=O)[C@@H]1OC1OC(C)C(OC2CC(C)(C)C(OC(=O)CC(C)C)C(C)O2)C(N(C)C)C1O. The molecule has 0 bridgehead atoms. The summed E-state index contributed by atoms with van der Waals surface area (Å²) in [6.45, 7) is 15.2. The molecule has 0 amide bonds. The third kappa shape index (κ3) is 13.4. The molecule has 15 atom stereocenters. The van der Waals surface area contributed by atoms with Crippen molar-refractivity contribution in [1.29, 1.82) is 0 Å². The Labute approximate surface area is 327 Å². The lowest BCUT2D eigenvalue weighted by Crippen LogP contribution is -2.65. The maximum Gasteiger partial charge on any atom is 0.308 e. The van der Waals surface area contributed by atoms with E-state index in [1.807, 2.05) is 52.5 Å². The molecule has 0 aromatic carbocycles. The highest BCUT2D eigenvalue weighted by Gasteiger charge is 2.52. The Morgan fingerprint density at radius 1 is 1.02 bits per heavy atom. The zero-order valence-corrected chi connectivity index (χ0v) is 34.7. The van der Waals surface area contributed by atoms with Crippen LogP contribution in [0.25, 0.3) is 0 Å². The van der Waals surface area contributed by atoms with Crippen molar-refractivity contribution < 1.29 is 62.9 Å². The second-order valence-corrected chi connectivity index (χ2v) is 17.0. The van der Waals surface area contributed by atoms with Gasteiger partial charge in [0.2, 0.25) is 0 Å². The normalized spacial score (nSPS) is 40.7. The smallest absolute Gasteiger partial charge is 0.308 e. The first-order valence-corrected chi connectivity index (χ1v) is 19.8. The average Bonchev–Trinajstić information content (AvgIpc) is 3.06. The summed E-state index contributed by atoms with van der Waals surface area (Å²) < 4.78 is 43.1. The van der Waals surface area contributed by atoms with Gasteiger partial charge in [-0.25, -0.2) is 0 Å². The molecule has 316 valence electrons. The van der Waals surface area contributed by atoms with Crippen molar-refractivity contribution in [3.8, 4) is 0 Å². The quantitative estimate of drug-likeness (QED) is 0.204. The van der Waals surface area contributed by atoms with Gasteiger partial charge in [-0.3, -0.25) is 9.59 Å². The second kappa shape index (κ2) is 21.5. The molecule has 2 saturated heterocycles. The number of esters is 2. The van der Waals surface area contributed by atoms with Crippen molar-refractivity contribution in [2.75, 3.05) is 21.2 Å². The number of hydrogen-bond acceptors (Lipinski definition) is 14. The highest BCUT2D eigenvalue weighted by atomic mass is 16.7. The van der Waals surface area contributed by atoms with Crippen molar-refractivity contribution in [1.82, 2.24) is 4.90 Å². The molecular formula is C41H69NO13. The van der Waals surface area contributed by atoms with Gasteiger partial charge in [0.05, 0.1) is 43.0 Å². The van der Waals surface area contributed by atoms with Crippen LogP contribution in [-0.4, -0.2) is 139 Å². The lowest BCUT2D eigenvalue weighted by Gasteiger charge is -2.50. The Balaban J connectivity index is 1.90. The number of nitrogens with zero attached hydrogens (tertiary/aromatic N) is 1. The summed E-state index contributed by atoms with van der Waals surface area (Å²) in [5.41, 5.74) is -0.485. The number of likely N-dealkylation sites (N-methyl/N-ethyl adjacent to an activating group) is 1. The maximum atomic E-state index is 12.9. The summed E-state index contributed by atoms with van der Waals surface area (Å²) in [6.07, 6.45) is -1.85. The monoisotopic (exact) mass is 783 g/mol. The van der Waals surface area contributed by atoms with Gasteiger partial charge in [0.1, 0.15) is 36.8 Å². The van der Waals surface area contributed by atoms with E-state index in [0.717, 1.165) is 6.29 Å². The minimum Gasteiger partial charge on any atom is -0.462 e. The fourth-order valence-electron chi connectivity index (χ4n) is 8.03. The Morgan fingerprint density at radius 3 is 2.31 bits per heavy atom. The molecule has 10 unspecified atom stereocenters. The van der Waals surface area contributed by atoms with Crippen LogP contribution < -0.4 is 0 Å². The van der Waals surface area contributed by atoms with Crippen molar-refractivity contribution in [3.63, 3.8) is 0 Å². The number of carbonyl (C=O) groups excluding carboxylic acids is 3. The fourth-order valence-corrected chi connectivity index (χ4v) is 8.03. The molecule has 2 fully saturated rings. The Bertz CT molecular complexity index is 1270. The zero-order chi connectivity index (χ0) is 41.2. The Kier molecular flexibility index (Phi) is 18.4. The number of aliphatic hydroxyl groups is 3. The van der Waals surface area contributed by atoms with E-state index in [9.17, 15) is 29.7 Å². The third-order valence-corrected chi connectivity index (χ3v) is 10.9. The summed E-state index contributed by atoms with van der Waals surface area (Å²) in [5, 5.41) is 34.4. The number of aldehydes is 1. The standard InChI is InChI=1S/C41H69NO13/c1-23(2)19-31(46)53-39-27(6)51-33(22-41(39,7)8)54-36-26(5)52-40(35(48)34(36)42(9)10)55-37-28(17-18-43)20-24(3)29(44)16-14-12-13-15-25(4)50-32(47)21-30(45)38(37)49-11/h12-14,16,18,23-30,33-40,44-45,48H,15,17,19-22H2,1-11H3/b13-12+,16-14+/t24-,25-,26?,27?,28?,29?,30-,33?,34?,35?,36?,37+,38+,39?,40?/m1/s1. The number of rotatable bonds is 11. The summed E-state index contributed by atoms with van der Waals surface area (Å²) in [5.74, 6) is -1.73. The molecule has 0 spiro atoms. The van der Waals surface area contributed by atoms with Crippen LogP contribution in [0.1, 0.15) is 93.9 Å². The topological polar surface area (TPSA) is 180 Å². The number of hydrogen-bond donors (Lipinski definition) is 3. The maximum absolute atomic E-state index is 12.9. The largest absolute Gasteiger partial charge is 0.462 e. The number of ether oxygens (including phenoxy) is 7. The number of aliphatic hydroxyl groups excluding tert-OH is 3. The van der Waals surface area contributed by atoms with Crippen LogP contribution >= 0.6 is 0 Å². The Hall–Kier alpha value is -2.27. The summed E-state index contributed by atoms with van der Waals surface area (Å²) in [6, 6.07) is -0.672. The van der Waals surface area contributed by atoms with Gasteiger partial charge in [-0.2, -0.15) is 0 Å². The van der Waals surface area contributed by atoms with Gasteiger partial charge in [0.25, 0.3) is 0 Å². The molecule has 55 heavy (non-hydrogen) atoms. The summed E-state index contributed by atoms with van der Waals surface area (Å²) in [4.78, 5) is 39.5. The number of allylic oxidation sites excluding steroid dienone is 2. The Morgan fingerprint density at radius 2 is 1.71 bits per heavy atom.